The maximum atomic E-state index is 11.5. The van der Waals surface area contributed by atoms with Gasteiger partial charge in [-0.25, -0.2) is 4.98 Å². The van der Waals surface area contributed by atoms with Crippen molar-refractivity contribution in [3.8, 4) is 0 Å². The molecule has 0 aromatic carbocycles. The van der Waals surface area contributed by atoms with Gasteiger partial charge in [0.2, 0.25) is 4.96 Å². The Kier molecular flexibility index (Phi) is 4.54. The molecule has 0 spiro atoms. The van der Waals surface area contributed by atoms with E-state index in [0.717, 1.165) is 0 Å². The quantitative estimate of drug-likeness (QED) is 0.616. The Morgan fingerprint density at radius 1 is 1.63 bits per heavy atom. The van der Waals surface area contributed by atoms with E-state index in [9.17, 15) is 9.59 Å². The van der Waals surface area contributed by atoms with Crippen molar-refractivity contribution in [3.05, 3.63) is 22.6 Å². The standard InChI is InChI=1S/C11H13N3O3S2/c1-3-17-9(16)6-7(2)18-11-13-14-8(15)4-5-12-10(14)19-11/h4-5,7H,3,6H2,1-2H3. The first-order valence-corrected chi connectivity index (χ1v) is 7.47. The highest BCUT2D eigenvalue weighted by atomic mass is 32.2. The molecule has 0 aliphatic rings. The van der Waals surface area contributed by atoms with Crippen LogP contribution in [-0.2, 0) is 9.53 Å². The molecule has 0 N–H and O–H groups in total. The van der Waals surface area contributed by atoms with E-state index in [1.807, 2.05) is 6.92 Å². The highest BCUT2D eigenvalue weighted by Crippen LogP contribution is 2.28. The van der Waals surface area contributed by atoms with E-state index in [1.165, 1.54) is 39.9 Å². The molecule has 2 heterocycles. The normalized spacial score (nSPS) is 12.5. The third-order valence-corrected chi connectivity index (χ3v) is 4.32. The molecule has 0 amide bonds. The van der Waals surface area contributed by atoms with E-state index in [2.05, 4.69) is 10.1 Å². The predicted octanol–water partition coefficient (Wildman–Crippen LogP) is 1.58. The molecule has 0 saturated carbocycles. The van der Waals surface area contributed by atoms with E-state index in [0.29, 0.717) is 22.3 Å². The Bertz CT molecular complexity index is 637. The van der Waals surface area contributed by atoms with Crippen molar-refractivity contribution in [1.29, 1.82) is 0 Å². The number of nitrogens with zero attached hydrogens (tertiary/aromatic N) is 3. The Morgan fingerprint density at radius 2 is 2.42 bits per heavy atom. The second-order valence-corrected chi connectivity index (χ2v) is 6.42. The van der Waals surface area contributed by atoms with Gasteiger partial charge in [0, 0.05) is 17.5 Å². The van der Waals surface area contributed by atoms with Crippen LogP contribution in [0.5, 0.6) is 0 Å². The molecule has 2 aromatic rings. The molecule has 0 bridgehead atoms. The van der Waals surface area contributed by atoms with Crippen molar-refractivity contribution in [2.24, 2.45) is 0 Å². The molecule has 2 rings (SSSR count). The van der Waals surface area contributed by atoms with Crippen molar-refractivity contribution in [3.63, 3.8) is 0 Å². The van der Waals surface area contributed by atoms with Crippen LogP contribution in [0.15, 0.2) is 21.4 Å². The van der Waals surface area contributed by atoms with E-state index in [4.69, 9.17) is 4.74 Å². The van der Waals surface area contributed by atoms with Gasteiger partial charge in [0.05, 0.1) is 13.0 Å². The summed E-state index contributed by atoms with van der Waals surface area (Å²) >= 11 is 2.77. The average molecular weight is 299 g/mol. The van der Waals surface area contributed by atoms with Crippen molar-refractivity contribution in [2.75, 3.05) is 6.61 Å². The molecule has 2 aromatic heterocycles. The third kappa shape index (κ3) is 3.54. The molecule has 0 aliphatic heterocycles. The van der Waals surface area contributed by atoms with Gasteiger partial charge < -0.3 is 4.74 Å². The van der Waals surface area contributed by atoms with Crippen molar-refractivity contribution < 1.29 is 9.53 Å². The summed E-state index contributed by atoms with van der Waals surface area (Å²) in [6, 6.07) is 1.36. The Balaban J connectivity index is 2.07. The molecule has 1 atom stereocenters. The van der Waals surface area contributed by atoms with E-state index in [-0.39, 0.29) is 16.8 Å². The minimum Gasteiger partial charge on any atom is -0.466 e. The molecule has 6 nitrogen and oxygen atoms in total. The van der Waals surface area contributed by atoms with E-state index < -0.39 is 0 Å². The fourth-order valence-electron chi connectivity index (χ4n) is 1.44. The fraction of sp³-hybridized carbons (Fsp3) is 0.455. The van der Waals surface area contributed by atoms with E-state index in [1.54, 1.807) is 6.92 Å². The second kappa shape index (κ2) is 6.16. The van der Waals surface area contributed by atoms with Crippen molar-refractivity contribution >= 4 is 34.0 Å². The van der Waals surface area contributed by atoms with Crippen molar-refractivity contribution in [1.82, 2.24) is 14.6 Å². The third-order valence-electron chi connectivity index (χ3n) is 2.21. The first-order chi connectivity index (χ1) is 9.10. The molecule has 0 radical (unpaired) electrons. The summed E-state index contributed by atoms with van der Waals surface area (Å²) in [5, 5.41) is 4.21. The number of esters is 1. The summed E-state index contributed by atoms with van der Waals surface area (Å²) in [6.07, 6.45) is 1.78. The Morgan fingerprint density at radius 3 is 3.11 bits per heavy atom. The minimum absolute atomic E-state index is 0.0373. The summed E-state index contributed by atoms with van der Waals surface area (Å²) in [5.74, 6) is -0.223. The molecular formula is C11H13N3O3S2. The Hall–Kier alpha value is -1.41. The number of rotatable bonds is 5. The monoisotopic (exact) mass is 299 g/mol. The lowest BCUT2D eigenvalue weighted by molar-refractivity contribution is -0.142. The molecule has 102 valence electrons. The number of hydrogen-bond donors (Lipinski definition) is 0. The zero-order valence-electron chi connectivity index (χ0n) is 10.5. The van der Waals surface area contributed by atoms with Gasteiger partial charge >= 0.3 is 5.97 Å². The first-order valence-electron chi connectivity index (χ1n) is 5.77. The van der Waals surface area contributed by atoms with Crippen LogP contribution in [0.2, 0.25) is 0 Å². The number of fused-ring (bicyclic) bond motifs is 1. The Labute approximate surface area is 117 Å². The van der Waals surface area contributed by atoms with Crippen molar-refractivity contribution in [2.45, 2.75) is 29.9 Å². The summed E-state index contributed by atoms with van der Waals surface area (Å²) in [5.41, 5.74) is -0.203. The van der Waals surface area contributed by atoms with Gasteiger partial charge in [0.15, 0.2) is 4.34 Å². The largest absolute Gasteiger partial charge is 0.466 e. The zero-order valence-corrected chi connectivity index (χ0v) is 12.2. The topological polar surface area (TPSA) is 73.6 Å². The lowest BCUT2D eigenvalue weighted by Gasteiger charge is -2.07. The summed E-state index contributed by atoms with van der Waals surface area (Å²) in [7, 11) is 0. The summed E-state index contributed by atoms with van der Waals surface area (Å²) in [6.45, 7) is 4.09. The number of thioether (sulfide) groups is 1. The van der Waals surface area contributed by atoms with Gasteiger partial charge in [-0.05, 0) is 6.92 Å². The summed E-state index contributed by atoms with van der Waals surface area (Å²) in [4.78, 5) is 27.5. The maximum absolute atomic E-state index is 11.5. The number of ether oxygens (including phenoxy) is 1. The molecule has 8 heteroatoms. The number of carbonyl (C=O) groups excluding carboxylic acids is 1. The van der Waals surface area contributed by atoms with Gasteiger partial charge in [-0.3, -0.25) is 9.59 Å². The maximum Gasteiger partial charge on any atom is 0.306 e. The van der Waals surface area contributed by atoms with Crippen LogP contribution in [-0.4, -0.2) is 32.4 Å². The highest BCUT2D eigenvalue weighted by Gasteiger charge is 2.14. The van der Waals surface area contributed by atoms with Crippen LogP contribution >= 0.6 is 23.1 Å². The fourth-order valence-corrected chi connectivity index (χ4v) is 3.65. The van der Waals surface area contributed by atoms with E-state index >= 15 is 0 Å². The first kappa shape index (κ1) is 14.0. The van der Waals surface area contributed by atoms with Crippen LogP contribution in [0.4, 0.5) is 0 Å². The smallest absolute Gasteiger partial charge is 0.306 e. The molecular weight excluding hydrogens is 286 g/mol. The van der Waals surface area contributed by atoms with Crippen LogP contribution in [0.25, 0.3) is 4.96 Å². The summed E-state index contributed by atoms with van der Waals surface area (Å²) < 4.78 is 6.87. The number of carbonyl (C=O) groups is 1. The van der Waals surface area contributed by atoms with Gasteiger partial charge in [0.25, 0.3) is 5.56 Å². The van der Waals surface area contributed by atoms with Crippen LogP contribution < -0.4 is 5.56 Å². The highest BCUT2D eigenvalue weighted by molar-refractivity contribution is 8.01. The van der Waals surface area contributed by atoms with Gasteiger partial charge in [-0.15, -0.1) is 5.10 Å². The van der Waals surface area contributed by atoms with Gasteiger partial charge in [-0.2, -0.15) is 4.52 Å². The zero-order chi connectivity index (χ0) is 13.8. The lowest BCUT2D eigenvalue weighted by atomic mass is 10.3. The molecule has 0 fully saturated rings. The second-order valence-electron chi connectivity index (χ2n) is 3.78. The molecule has 0 saturated heterocycles. The molecule has 0 aliphatic carbocycles. The number of aromatic nitrogens is 3. The minimum atomic E-state index is -0.223. The van der Waals surface area contributed by atoms with Crippen LogP contribution in [0, 0.1) is 0 Å². The van der Waals surface area contributed by atoms with Gasteiger partial charge in [-0.1, -0.05) is 30.0 Å². The SMILES string of the molecule is CCOC(=O)CC(C)Sc1nn2c(=O)ccnc2s1. The predicted molar refractivity (Wildman–Crippen MR) is 73.7 cm³/mol. The number of hydrogen-bond acceptors (Lipinski definition) is 7. The van der Waals surface area contributed by atoms with Crippen LogP contribution in [0.1, 0.15) is 20.3 Å². The molecule has 1 unspecified atom stereocenters. The molecule has 19 heavy (non-hydrogen) atoms. The van der Waals surface area contributed by atoms with Crippen LogP contribution in [0.3, 0.4) is 0 Å². The lowest BCUT2D eigenvalue weighted by Crippen LogP contribution is -2.13. The average Bonchev–Trinajstić information content (AvgIpc) is 2.72. The van der Waals surface area contributed by atoms with Gasteiger partial charge in [0.1, 0.15) is 0 Å².